The SMILES string of the molecule is [B][C@@H]1O[C@H](CC)[C@H](OC(=O)c2ccccc2)C1F. The summed E-state index contributed by atoms with van der Waals surface area (Å²) in [5.74, 6) is -0.556. The number of esters is 1. The van der Waals surface area contributed by atoms with Crippen LogP contribution in [-0.2, 0) is 9.47 Å². The monoisotopic (exact) mass is 248 g/mol. The van der Waals surface area contributed by atoms with Gasteiger partial charge in [0.1, 0.15) is 7.85 Å². The van der Waals surface area contributed by atoms with Crippen molar-refractivity contribution in [1.29, 1.82) is 0 Å². The summed E-state index contributed by atoms with van der Waals surface area (Å²) < 4.78 is 24.1. The fraction of sp³-hybridized carbons (Fsp3) is 0.462. The molecule has 1 unspecified atom stereocenters. The molecular formula is C13H14BFO3. The zero-order valence-electron chi connectivity index (χ0n) is 10.1. The molecule has 1 fully saturated rings. The van der Waals surface area contributed by atoms with E-state index in [4.69, 9.17) is 17.3 Å². The molecule has 1 heterocycles. The number of benzene rings is 1. The number of halogens is 1. The Balaban J connectivity index is 2.06. The number of carbonyl (C=O) groups is 1. The number of alkyl halides is 1. The zero-order chi connectivity index (χ0) is 13.1. The van der Waals surface area contributed by atoms with Gasteiger partial charge in [-0.2, -0.15) is 0 Å². The van der Waals surface area contributed by atoms with Gasteiger partial charge in [-0.25, -0.2) is 9.18 Å². The lowest BCUT2D eigenvalue weighted by atomic mass is 9.94. The zero-order valence-corrected chi connectivity index (χ0v) is 10.1. The van der Waals surface area contributed by atoms with Crippen LogP contribution in [0.1, 0.15) is 23.7 Å². The van der Waals surface area contributed by atoms with Crippen molar-refractivity contribution in [2.24, 2.45) is 0 Å². The summed E-state index contributed by atoms with van der Waals surface area (Å²) in [7, 11) is 5.46. The molecule has 18 heavy (non-hydrogen) atoms. The second-order valence-corrected chi connectivity index (χ2v) is 4.23. The molecule has 2 rings (SSSR count). The quantitative estimate of drug-likeness (QED) is 0.605. The van der Waals surface area contributed by atoms with E-state index in [-0.39, 0.29) is 0 Å². The molecule has 3 nitrogen and oxygen atoms in total. The normalized spacial score (nSPS) is 31.2. The molecule has 0 amide bonds. The van der Waals surface area contributed by atoms with Crippen molar-refractivity contribution in [1.82, 2.24) is 0 Å². The van der Waals surface area contributed by atoms with E-state index >= 15 is 0 Å². The van der Waals surface area contributed by atoms with E-state index in [0.717, 1.165) is 0 Å². The first-order valence-electron chi connectivity index (χ1n) is 5.94. The number of hydrogen-bond acceptors (Lipinski definition) is 3. The van der Waals surface area contributed by atoms with Gasteiger partial charge >= 0.3 is 5.97 Å². The highest BCUT2D eigenvalue weighted by Crippen LogP contribution is 2.27. The Bertz CT molecular complexity index is 412. The molecule has 1 aromatic carbocycles. The molecule has 1 aromatic rings. The third-order valence-electron chi connectivity index (χ3n) is 2.98. The summed E-state index contributed by atoms with van der Waals surface area (Å²) in [4.78, 5) is 11.8. The molecule has 94 valence electrons. The molecule has 1 aliphatic heterocycles. The summed E-state index contributed by atoms with van der Waals surface area (Å²) in [6.45, 7) is 1.83. The molecule has 1 aliphatic rings. The fourth-order valence-electron chi connectivity index (χ4n) is 1.98. The van der Waals surface area contributed by atoms with Crippen LogP contribution in [0.4, 0.5) is 4.39 Å². The Labute approximate surface area is 107 Å². The first kappa shape index (κ1) is 13.1. The predicted molar refractivity (Wildman–Crippen MR) is 65.2 cm³/mol. The molecule has 1 saturated heterocycles. The lowest BCUT2D eigenvalue weighted by Gasteiger charge is -2.18. The van der Waals surface area contributed by atoms with Crippen molar-refractivity contribution in [2.75, 3.05) is 0 Å². The summed E-state index contributed by atoms with van der Waals surface area (Å²) in [5, 5.41) is 0. The predicted octanol–water partition coefficient (Wildman–Crippen LogP) is 1.85. The molecule has 0 N–H and O–H groups in total. The Morgan fingerprint density at radius 2 is 2.11 bits per heavy atom. The third-order valence-corrected chi connectivity index (χ3v) is 2.98. The first-order chi connectivity index (χ1) is 8.63. The summed E-state index contributed by atoms with van der Waals surface area (Å²) in [5.41, 5.74) is 0.389. The van der Waals surface area contributed by atoms with Gasteiger partial charge in [0.25, 0.3) is 0 Å². The molecule has 2 radical (unpaired) electrons. The van der Waals surface area contributed by atoms with Crippen LogP contribution in [0.5, 0.6) is 0 Å². The van der Waals surface area contributed by atoms with Crippen LogP contribution in [0.15, 0.2) is 30.3 Å². The van der Waals surface area contributed by atoms with Crippen LogP contribution in [0.3, 0.4) is 0 Å². The molecule has 5 heteroatoms. The highest BCUT2D eigenvalue weighted by atomic mass is 19.1. The van der Waals surface area contributed by atoms with E-state index in [1.807, 2.05) is 6.92 Å². The smallest absolute Gasteiger partial charge is 0.338 e. The minimum absolute atomic E-state index is 0.389. The Kier molecular flexibility index (Phi) is 4.02. The first-order valence-corrected chi connectivity index (χ1v) is 5.94. The highest BCUT2D eigenvalue weighted by Gasteiger charge is 2.44. The van der Waals surface area contributed by atoms with Crippen molar-refractivity contribution in [3.05, 3.63) is 35.9 Å². The second kappa shape index (κ2) is 5.52. The van der Waals surface area contributed by atoms with Gasteiger partial charge in [0.2, 0.25) is 0 Å². The van der Waals surface area contributed by atoms with Crippen molar-refractivity contribution in [3.63, 3.8) is 0 Å². The van der Waals surface area contributed by atoms with Crippen molar-refractivity contribution >= 4 is 13.8 Å². The van der Waals surface area contributed by atoms with E-state index in [9.17, 15) is 9.18 Å². The number of hydrogen-bond donors (Lipinski definition) is 0. The van der Waals surface area contributed by atoms with E-state index in [1.165, 1.54) is 0 Å². The summed E-state index contributed by atoms with van der Waals surface area (Å²) in [6, 6.07) is 7.44. The van der Waals surface area contributed by atoms with Gasteiger partial charge in [0.05, 0.1) is 17.7 Å². The maximum absolute atomic E-state index is 13.8. The molecule has 0 aliphatic carbocycles. The fourth-order valence-corrected chi connectivity index (χ4v) is 1.98. The van der Waals surface area contributed by atoms with Crippen molar-refractivity contribution in [3.8, 4) is 0 Å². The van der Waals surface area contributed by atoms with Crippen molar-refractivity contribution < 1.29 is 18.7 Å². The Morgan fingerprint density at radius 1 is 1.44 bits per heavy atom. The molecule has 4 atom stereocenters. The third kappa shape index (κ3) is 2.56. The van der Waals surface area contributed by atoms with Gasteiger partial charge in [-0.1, -0.05) is 25.1 Å². The van der Waals surface area contributed by atoms with Crippen LogP contribution in [0.25, 0.3) is 0 Å². The largest absolute Gasteiger partial charge is 0.453 e. The van der Waals surface area contributed by atoms with Crippen LogP contribution in [0.2, 0.25) is 0 Å². The van der Waals surface area contributed by atoms with Gasteiger partial charge in [-0.05, 0) is 18.6 Å². The number of rotatable bonds is 3. The standard InChI is InChI=1S/C13H14BFO3/c1-2-9-11(10(15)12(14)17-9)18-13(16)8-6-4-3-5-7-8/h3-7,9-12H,2H2,1H3/t9-,10?,11+,12-/m1/s1. The summed E-state index contributed by atoms with van der Waals surface area (Å²) in [6.07, 6.45) is -2.36. The number of ether oxygens (including phenoxy) is 2. The Morgan fingerprint density at radius 3 is 2.72 bits per heavy atom. The average Bonchev–Trinajstić information content (AvgIpc) is 2.67. The highest BCUT2D eigenvalue weighted by molar-refractivity contribution is 6.11. The maximum Gasteiger partial charge on any atom is 0.338 e. The van der Waals surface area contributed by atoms with Crippen LogP contribution >= 0.6 is 0 Å². The van der Waals surface area contributed by atoms with Crippen LogP contribution < -0.4 is 0 Å². The van der Waals surface area contributed by atoms with E-state index in [0.29, 0.717) is 12.0 Å². The van der Waals surface area contributed by atoms with Gasteiger partial charge in [-0.15, -0.1) is 0 Å². The lowest BCUT2D eigenvalue weighted by molar-refractivity contribution is -0.00949. The molecule has 0 bridgehead atoms. The van der Waals surface area contributed by atoms with E-state index in [1.54, 1.807) is 30.3 Å². The van der Waals surface area contributed by atoms with Gasteiger partial charge in [0, 0.05) is 0 Å². The van der Waals surface area contributed by atoms with Gasteiger partial charge in [0.15, 0.2) is 12.3 Å². The average molecular weight is 248 g/mol. The van der Waals surface area contributed by atoms with Crippen LogP contribution in [-0.4, -0.2) is 38.2 Å². The minimum Gasteiger partial charge on any atom is -0.453 e. The maximum atomic E-state index is 13.8. The van der Waals surface area contributed by atoms with Crippen molar-refractivity contribution in [2.45, 2.75) is 37.7 Å². The second-order valence-electron chi connectivity index (χ2n) is 4.23. The minimum atomic E-state index is -1.48. The van der Waals surface area contributed by atoms with Crippen LogP contribution in [0, 0.1) is 0 Å². The molecule has 0 spiro atoms. The molecule has 0 saturated carbocycles. The Hall–Kier alpha value is -1.36. The topological polar surface area (TPSA) is 35.5 Å². The van der Waals surface area contributed by atoms with E-state index < -0.39 is 30.4 Å². The van der Waals surface area contributed by atoms with Gasteiger partial charge < -0.3 is 9.47 Å². The lowest BCUT2D eigenvalue weighted by Crippen LogP contribution is -2.34. The van der Waals surface area contributed by atoms with E-state index in [2.05, 4.69) is 0 Å². The number of carbonyl (C=O) groups excluding carboxylic acids is 1. The molecule has 0 aromatic heterocycles. The molecular weight excluding hydrogens is 234 g/mol. The summed E-state index contributed by atoms with van der Waals surface area (Å²) >= 11 is 0. The van der Waals surface area contributed by atoms with Gasteiger partial charge in [-0.3, -0.25) is 0 Å².